The Bertz CT molecular complexity index is 813. The molecule has 0 fully saturated rings. The molecule has 0 radical (unpaired) electrons. The van der Waals surface area contributed by atoms with Crippen LogP contribution in [0.15, 0.2) is 54.7 Å². The summed E-state index contributed by atoms with van der Waals surface area (Å²) in [6.45, 7) is 1.23. The summed E-state index contributed by atoms with van der Waals surface area (Å²) in [5.74, 6) is 1.61. The van der Waals surface area contributed by atoms with Gasteiger partial charge in [-0.05, 0) is 30.3 Å². The molecule has 0 aliphatic rings. The smallest absolute Gasteiger partial charge is 0.119 e. The molecule has 0 saturated carbocycles. The van der Waals surface area contributed by atoms with E-state index in [1.54, 1.807) is 7.11 Å². The van der Waals surface area contributed by atoms with Crippen LogP contribution >= 0.6 is 0 Å². The second-order valence-electron chi connectivity index (χ2n) is 4.89. The molecular weight excluding hydrogens is 276 g/mol. The third kappa shape index (κ3) is 2.75. The second kappa shape index (κ2) is 6.23. The zero-order valence-electron chi connectivity index (χ0n) is 12.3. The predicted octanol–water partition coefficient (Wildman–Crippen LogP) is 3.60. The molecule has 0 saturated heterocycles. The second-order valence-corrected chi connectivity index (χ2v) is 4.89. The largest absolute Gasteiger partial charge is 0.497 e. The van der Waals surface area contributed by atoms with Gasteiger partial charge in [-0.2, -0.15) is 5.26 Å². The quantitative estimate of drug-likeness (QED) is 0.722. The molecular formula is C18H16N2O2. The number of hydrogen-bond acceptors (Lipinski definition) is 3. The van der Waals surface area contributed by atoms with Crippen LogP contribution < -0.4 is 9.47 Å². The lowest BCUT2D eigenvalue weighted by atomic mass is 10.2. The fourth-order valence-electron chi connectivity index (χ4n) is 2.45. The van der Waals surface area contributed by atoms with E-state index in [0.29, 0.717) is 18.7 Å². The summed E-state index contributed by atoms with van der Waals surface area (Å²) in [6.07, 6.45) is 1.88. The number of nitriles is 1. The number of benzene rings is 2. The van der Waals surface area contributed by atoms with Crippen molar-refractivity contribution in [3.8, 4) is 17.6 Å². The number of methoxy groups -OCH3 is 1. The summed E-state index contributed by atoms with van der Waals surface area (Å²) in [6, 6.07) is 17.6. The third-order valence-corrected chi connectivity index (χ3v) is 3.57. The summed E-state index contributed by atoms with van der Waals surface area (Å²) >= 11 is 0. The third-order valence-electron chi connectivity index (χ3n) is 3.57. The molecule has 4 heteroatoms. The van der Waals surface area contributed by atoms with Gasteiger partial charge in [0.05, 0.1) is 19.2 Å². The maximum atomic E-state index is 9.20. The van der Waals surface area contributed by atoms with Gasteiger partial charge in [-0.15, -0.1) is 0 Å². The number of hydrogen-bond donors (Lipinski definition) is 0. The van der Waals surface area contributed by atoms with Crippen LogP contribution in [0.25, 0.3) is 10.9 Å². The molecule has 22 heavy (non-hydrogen) atoms. The normalized spacial score (nSPS) is 10.4. The molecule has 0 aliphatic heterocycles. The van der Waals surface area contributed by atoms with E-state index in [9.17, 15) is 5.26 Å². The first kappa shape index (κ1) is 14.0. The average Bonchev–Trinajstić information content (AvgIpc) is 2.94. The van der Waals surface area contributed by atoms with Gasteiger partial charge in [0.25, 0.3) is 0 Å². The van der Waals surface area contributed by atoms with Crippen LogP contribution in [-0.2, 0) is 6.54 Å². The lowest BCUT2D eigenvalue weighted by Crippen LogP contribution is -2.07. The highest BCUT2D eigenvalue weighted by Gasteiger charge is 2.07. The molecule has 1 heterocycles. The van der Waals surface area contributed by atoms with Gasteiger partial charge in [-0.1, -0.05) is 18.2 Å². The van der Waals surface area contributed by atoms with Crippen LogP contribution in [0.5, 0.6) is 11.5 Å². The van der Waals surface area contributed by atoms with Crippen molar-refractivity contribution in [2.75, 3.05) is 13.7 Å². The van der Waals surface area contributed by atoms with Crippen molar-refractivity contribution in [2.24, 2.45) is 0 Å². The van der Waals surface area contributed by atoms with Gasteiger partial charge in [-0.25, -0.2) is 0 Å². The zero-order chi connectivity index (χ0) is 15.4. The summed E-state index contributed by atoms with van der Waals surface area (Å²) < 4.78 is 12.9. The Hall–Kier alpha value is -2.93. The highest BCUT2D eigenvalue weighted by atomic mass is 16.5. The minimum Gasteiger partial charge on any atom is -0.497 e. The van der Waals surface area contributed by atoms with Crippen molar-refractivity contribution in [3.63, 3.8) is 0 Å². The SMILES string of the molecule is COc1ccc(OCCn2cc(C#N)c3ccccc32)cc1. The first-order valence-corrected chi connectivity index (χ1v) is 7.06. The van der Waals surface area contributed by atoms with Gasteiger partial charge < -0.3 is 14.0 Å². The summed E-state index contributed by atoms with van der Waals surface area (Å²) in [5, 5.41) is 10.2. The van der Waals surface area contributed by atoms with Gasteiger partial charge in [0.2, 0.25) is 0 Å². The standard InChI is InChI=1S/C18H16N2O2/c1-21-15-6-8-16(9-7-15)22-11-10-20-13-14(12-19)17-4-2-3-5-18(17)20/h2-9,13H,10-11H2,1H3. The van der Waals surface area contributed by atoms with E-state index < -0.39 is 0 Å². The minimum atomic E-state index is 0.538. The Morgan fingerprint density at radius 3 is 2.50 bits per heavy atom. The Morgan fingerprint density at radius 1 is 1.05 bits per heavy atom. The molecule has 0 N–H and O–H groups in total. The maximum absolute atomic E-state index is 9.20. The molecule has 0 aliphatic carbocycles. The number of rotatable bonds is 5. The summed E-state index contributed by atoms with van der Waals surface area (Å²) in [5.41, 5.74) is 1.75. The molecule has 0 atom stereocenters. The van der Waals surface area contributed by atoms with Gasteiger partial charge >= 0.3 is 0 Å². The van der Waals surface area contributed by atoms with Crippen LogP contribution in [0, 0.1) is 11.3 Å². The number of fused-ring (bicyclic) bond motifs is 1. The molecule has 0 spiro atoms. The monoisotopic (exact) mass is 292 g/mol. The van der Waals surface area contributed by atoms with E-state index in [2.05, 4.69) is 10.6 Å². The molecule has 0 unspecified atom stereocenters. The number of aromatic nitrogens is 1. The molecule has 4 nitrogen and oxygen atoms in total. The average molecular weight is 292 g/mol. The fraction of sp³-hybridized carbons (Fsp3) is 0.167. The molecule has 0 amide bonds. The molecule has 3 rings (SSSR count). The topological polar surface area (TPSA) is 47.2 Å². The highest BCUT2D eigenvalue weighted by molar-refractivity contribution is 5.86. The Labute approximate surface area is 129 Å². The van der Waals surface area contributed by atoms with Crippen molar-refractivity contribution in [3.05, 3.63) is 60.3 Å². The maximum Gasteiger partial charge on any atom is 0.119 e. The highest BCUT2D eigenvalue weighted by Crippen LogP contribution is 2.21. The molecule has 2 aromatic carbocycles. The van der Waals surface area contributed by atoms with Crippen molar-refractivity contribution < 1.29 is 9.47 Å². The molecule has 110 valence electrons. The molecule has 0 bridgehead atoms. The van der Waals surface area contributed by atoms with E-state index in [-0.39, 0.29) is 0 Å². The fourth-order valence-corrected chi connectivity index (χ4v) is 2.45. The van der Waals surface area contributed by atoms with Gasteiger partial charge in [0, 0.05) is 17.1 Å². The van der Waals surface area contributed by atoms with Gasteiger partial charge in [-0.3, -0.25) is 0 Å². The van der Waals surface area contributed by atoms with E-state index >= 15 is 0 Å². The Balaban J connectivity index is 1.70. The van der Waals surface area contributed by atoms with Crippen molar-refractivity contribution in [2.45, 2.75) is 6.54 Å². The van der Waals surface area contributed by atoms with Crippen LogP contribution in [0.1, 0.15) is 5.56 Å². The van der Waals surface area contributed by atoms with Crippen LogP contribution in [-0.4, -0.2) is 18.3 Å². The zero-order valence-corrected chi connectivity index (χ0v) is 12.3. The first-order chi connectivity index (χ1) is 10.8. The lowest BCUT2D eigenvalue weighted by Gasteiger charge is -2.08. The molecule has 3 aromatic rings. The van der Waals surface area contributed by atoms with Crippen LogP contribution in [0.4, 0.5) is 0 Å². The van der Waals surface area contributed by atoms with E-state index in [1.807, 2.05) is 54.7 Å². The van der Waals surface area contributed by atoms with E-state index in [0.717, 1.165) is 22.4 Å². The van der Waals surface area contributed by atoms with Gasteiger partial charge in [0.1, 0.15) is 24.2 Å². The lowest BCUT2D eigenvalue weighted by molar-refractivity contribution is 0.300. The Morgan fingerprint density at radius 2 is 1.77 bits per heavy atom. The number of nitrogens with zero attached hydrogens (tertiary/aromatic N) is 2. The van der Waals surface area contributed by atoms with Crippen molar-refractivity contribution in [1.29, 1.82) is 5.26 Å². The first-order valence-electron chi connectivity index (χ1n) is 7.06. The van der Waals surface area contributed by atoms with E-state index in [4.69, 9.17) is 9.47 Å². The van der Waals surface area contributed by atoms with Crippen molar-refractivity contribution in [1.82, 2.24) is 4.57 Å². The van der Waals surface area contributed by atoms with Crippen molar-refractivity contribution >= 4 is 10.9 Å². The number of ether oxygens (including phenoxy) is 2. The Kier molecular flexibility index (Phi) is 3.97. The van der Waals surface area contributed by atoms with Gasteiger partial charge in [0.15, 0.2) is 0 Å². The van der Waals surface area contributed by atoms with Crippen LogP contribution in [0.3, 0.4) is 0 Å². The van der Waals surface area contributed by atoms with Crippen LogP contribution in [0.2, 0.25) is 0 Å². The summed E-state index contributed by atoms with van der Waals surface area (Å²) in [7, 11) is 1.64. The summed E-state index contributed by atoms with van der Waals surface area (Å²) in [4.78, 5) is 0. The molecule has 1 aromatic heterocycles. The number of para-hydroxylation sites is 1. The van der Waals surface area contributed by atoms with E-state index in [1.165, 1.54) is 0 Å². The minimum absolute atomic E-state index is 0.538. The predicted molar refractivity (Wildman–Crippen MR) is 85.1 cm³/mol.